The molecule has 0 spiro atoms. The smallest absolute Gasteiger partial charge is 0.226 e. The van der Waals surface area contributed by atoms with Crippen LogP contribution in [0.4, 0.5) is 5.69 Å². The third-order valence-corrected chi connectivity index (χ3v) is 3.97. The number of H-pyrrole nitrogens is 2. The summed E-state index contributed by atoms with van der Waals surface area (Å²) in [6, 6.07) is 13.6. The molecule has 24 heavy (non-hydrogen) atoms. The van der Waals surface area contributed by atoms with E-state index in [4.69, 9.17) is 0 Å². The number of imidazole rings is 1. The minimum atomic E-state index is -0.0640. The van der Waals surface area contributed by atoms with Crippen LogP contribution in [0, 0.1) is 5.92 Å². The fourth-order valence-corrected chi connectivity index (χ4v) is 2.63. The molecule has 4 rings (SSSR count). The van der Waals surface area contributed by atoms with Crippen LogP contribution < -0.4 is 5.32 Å². The van der Waals surface area contributed by atoms with Crippen molar-refractivity contribution in [3.05, 3.63) is 42.5 Å². The van der Waals surface area contributed by atoms with Crippen molar-refractivity contribution in [1.82, 2.24) is 20.2 Å². The predicted molar refractivity (Wildman–Crippen MR) is 94.6 cm³/mol. The van der Waals surface area contributed by atoms with E-state index in [0.29, 0.717) is 5.82 Å². The van der Waals surface area contributed by atoms with Gasteiger partial charge in [-0.15, -0.1) is 0 Å². The highest BCUT2D eigenvalue weighted by atomic mass is 16.1. The van der Waals surface area contributed by atoms with Crippen LogP contribution in [0.2, 0.25) is 0 Å². The number of benzene rings is 2. The van der Waals surface area contributed by atoms with E-state index < -0.39 is 0 Å². The van der Waals surface area contributed by atoms with E-state index in [1.54, 1.807) is 0 Å². The maximum absolute atomic E-state index is 11.8. The van der Waals surface area contributed by atoms with Crippen LogP contribution in [0.15, 0.2) is 42.5 Å². The number of anilines is 1. The van der Waals surface area contributed by atoms with Crippen LogP contribution in [0.25, 0.3) is 33.5 Å². The van der Waals surface area contributed by atoms with E-state index in [9.17, 15) is 4.79 Å². The molecule has 0 saturated heterocycles. The second-order valence-corrected chi connectivity index (χ2v) is 6.08. The van der Waals surface area contributed by atoms with Gasteiger partial charge in [-0.25, -0.2) is 4.98 Å². The van der Waals surface area contributed by atoms with Gasteiger partial charge < -0.3 is 10.3 Å². The van der Waals surface area contributed by atoms with Crippen molar-refractivity contribution >= 4 is 33.5 Å². The first-order chi connectivity index (χ1) is 11.6. The van der Waals surface area contributed by atoms with Crippen molar-refractivity contribution < 1.29 is 4.79 Å². The van der Waals surface area contributed by atoms with Gasteiger partial charge in [-0.2, -0.15) is 5.10 Å². The highest BCUT2D eigenvalue weighted by molar-refractivity contribution is 5.96. The maximum Gasteiger partial charge on any atom is 0.226 e. The molecular formula is C18H17N5O. The number of carbonyl (C=O) groups excluding carboxylic acids is 1. The lowest BCUT2D eigenvalue weighted by Gasteiger charge is -2.06. The summed E-state index contributed by atoms with van der Waals surface area (Å²) in [5.41, 5.74) is 4.19. The van der Waals surface area contributed by atoms with Crippen LogP contribution in [-0.4, -0.2) is 26.1 Å². The van der Waals surface area contributed by atoms with Gasteiger partial charge in [-0.3, -0.25) is 9.89 Å². The molecule has 0 atom stereocenters. The fourth-order valence-electron chi connectivity index (χ4n) is 2.63. The highest BCUT2D eigenvalue weighted by Crippen LogP contribution is 2.27. The number of hydrogen-bond acceptors (Lipinski definition) is 3. The van der Waals surface area contributed by atoms with Gasteiger partial charge in [-0.1, -0.05) is 32.0 Å². The Morgan fingerprint density at radius 2 is 1.96 bits per heavy atom. The van der Waals surface area contributed by atoms with E-state index >= 15 is 0 Å². The van der Waals surface area contributed by atoms with E-state index in [-0.39, 0.29) is 11.8 Å². The zero-order chi connectivity index (χ0) is 16.7. The number of carbonyl (C=O) groups is 1. The van der Waals surface area contributed by atoms with E-state index in [0.717, 1.165) is 33.3 Å². The molecule has 0 aliphatic carbocycles. The number of nitrogens with zero attached hydrogens (tertiary/aromatic N) is 2. The largest absolute Gasteiger partial charge is 0.337 e. The van der Waals surface area contributed by atoms with Gasteiger partial charge in [0.25, 0.3) is 0 Å². The van der Waals surface area contributed by atoms with Crippen molar-refractivity contribution in [3.63, 3.8) is 0 Å². The zero-order valence-corrected chi connectivity index (χ0v) is 13.4. The first-order valence-corrected chi connectivity index (χ1v) is 7.86. The highest BCUT2D eigenvalue weighted by Gasteiger charge is 2.13. The maximum atomic E-state index is 11.8. The fraction of sp³-hybridized carbons (Fsp3) is 0.167. The summed E-state index contributed by atoms with van der Waals surface area (Å²) in [6.45, 7) is 3.73. The lowest BCUT2D eigenvalue weighted by molar-refractivity contribution is -0.118. The monoisotopic (exact) mass is 319 g/mol. The Balaban J connectivity index is 1.74. The average molecular weight is 319 g/mol. The van der Waals surface area contributed by atoms with Crippen molar-refractivity contribution in [1.29, 1.82) is 0 Å². The Labute approximate surface area is 138 Å². The Morgan fingerprint density at radius 1 is 1.12 bits per heavy atom. The first-order valence-electron chi connectivity index (χ1n) is 7.86. The molecule has 3 N–H and O–H groups in total. The molecule has 1 amide bonds. The Bertz CT molecular complexity index is 1040. The number of hydrogen-bond donors (Lipinski definition) is 3. The van der Waals surface area contributed by atoms with Gasteiger partial charge in [0.05, 0.1) is 16.6 Å². The summed E-state index contributed by atoms with van der Waals surface area (Å²) in [7, 11) is 0. The van der Waals surface area contributed by atoms with E-state index in [2.05, 4.69) is 25.5 Å². The molecule has 2 aromatic carbocycles. The van der Waals surface area contributed by atoms with Crippen molar-refractivity contribution in [2.24, 2.45) is 5.92 Å². The van der Waals surface area contributed by atoms with Gasteiger partial charge >= 0.3 is 0 Å². The summed E-state index contributed by atoms with van der Waals surface area (Å²) in [5.74, 6) is 0.629. The molecule has 0 fully saturated rings. The molecule has 6 heteroatoms. The minimum absolute atomic E-state index is 0.0107. The van der Waals surface area contributed by atoms with Crippen molar-refractivity contribution in [3.8, 4) is 11.5 Å². The number of aromatic amines is 2. The standard InChI is InChI=1S/C18H17N5O/c1-10(2)18(24)19-11-7-8-14-15(9-11)21-17(20-14)16-12-5-3-4-6-13(12)22-23-16/h3-10H,1-2H3,(H,19,24)(H,20,21)(H,22,23). The summed E-state index contributed by atoms with van der Waals surface area (Å²) in [5, 5.41) is 11.3. The molecule has 4 aromatic rings. The predicted octanol–water partition coefficient (Wildman–Crippen LogP) is 3.70. The van der Waals surface area contributed by atoms with Crippen LogP contribution in [0.5, 0.6) is 0 Å². The molecular weight excluding hydrogens is 302 g/mol. The van der Waals surface area contributed by atoms with Gasteiger partial charge in [0, 0.05) is 17.0 Å². The molecule has 6 nitrogen and oxygen atoms in total. The molecule has 0 aliphatic rings. The Hall–Kier alpha value is -3.15. The number of amides is 1. The van der Waals surface area contributed by atoms with Crippen molar-refractivity contribution in [2.45, 2.75) is 13.8 Å². The van der Waals surface area contributed by atoms with Crippen LogP contribution >= 0.6 is 0 Å². The lowest BCUT2D eigenvalue weighted by atomic mass is 10.2. The summed E-state index contributed by atoms with van der Waals surface area (Å²) in [4.78, 5) is 19.7. The number of nitrogens with one attached hydrogen (secondary N) is 3. The average Bonchev–Trinajstić information content (AvgIpc) is 3.17. The molecule has 2 aromatic heterocycles. The van der Waals surface area contributed by atoms with Gasteiger partial charge in [0.1, 0.15) is 5.69 Å². The SMILES string of the molecule is CC(C)C(=O)Nc1ccc2[nH]c(-c3n[nH]c4ccccc34)nc2c1. The summed E-state index contributed by atoms with van der Waals surface area (Å²) < 4.78 is 0. The summed E-state index contributed by atoms with van der Waals surface area (Å²) in [6.07, 6.45) is 0. The van der Waals surface area contributed by atoms with Crippen LogP contribution in [0.1, 0.15) is 13.8 Å². The molecule has 2 heterocycles. The number of rotatable bonds is 3. The topological polar surface area (TPSA) is 86.5 Å². The molecule has 0 bridgehead atoms. The van der Waals surface area contributed by atoms with E-state index in [1.165, 1.54) is 0 Å². The summed E-state index contributed by atoms with van der Waals surface area (Å²) >= 11 is 0. The molecule has 0 saturated carbocycles. The molecule has 0 unspecified atom stereocenters. The lowest BCUT2D eigenvalue weighted by Crippen LogP contribution is -2.17. The number of para-hydroxylation sites is 1. The van der Waals surface area contributed by atoms with Crippen LogP contribution in [0.3, 0.4) is 0 Å². The quantitative estimate of drug-likeness (QED) is 0.538. The normalized spacial score (nSPS) is 11.5. The van der Waals surface area contributed by atoms with Crippen LogP contribution in [-0.2, 0) is 4.79 Å². The second kappa shape index (κ2) is 5.49. The molecule has 120 valence electrons. The van der Waals surface area contributed by atoms with E-state index in [1.807, 2.05) is 56.3 Å². The van der Waals surface area contributed by atoms with Gasteiger partial charge in [-0.05, 0) is 24.3 Å². The Morgan fingerprint density at radius 3 is 2.79 bits per heavy atom. The second-order valence-electron chi connectivity index (χ2n) is 6.08. The van der Waals surface area contributed by atoms with Crippen molar-refractivity contribution in [2.75, 3.05) is 5.32 Å². The number of aromatic nitrogens is 4. The molecule has 0 radical (unpaired) electrons. The molecule has 0 aliphatic heterocycles. The third kappa shape index (κ3) is 2.42. The third-order valence-electron chi connectivity index (χ3n) is 3.97. The minimum Gasteiger partial charge on any atom is -0.337 e. The van der Waals surface area contributed by atoms with Gasteiger partial charge in [0.15, 0.2) is 5.82 Å². The zero-order valence-electron chi connectivity index (χ0n) is 13.4. The number of fused-ring (bicyclic) bond motifs is 2. The van der Waals surface area contributed by atoms with Gasteiger partial charge in [0.2, 0.25) is 5.91 Å². The Kier molecular flexibility index (Phi) is 3.30. The first kappa shape index (κ1) is 14.4.